The Labute approximate surface area is 153 Å². The predicted octanol–water partition coefficient (Wildman–Crippen LogP) is 3.59. The third-order valence-electron chi connectivity index (χ3n) is 4.80. The number of pyridine rings is 1. The molecule has 1 aromatic heterocycles. The lowest BCUT2D eigenvalue weighted by molar-refractivity contribution is -0.0593. The van der Waals surface area contributed by atoms with Crippen molar-refractivity contribution in [3.63, 3.8) is 0 Å². The van der Waals surface area contributed by atoms with Crippen LogP contribution < -0.4 is 10.5 Å². The lowest BCUT2D eigenvalue weighted by Crippen LogP contribution is -2.33. The van der Waals surface area contributed by atoms with Crippen LogP contribution in [0.3, 0.4) is 0 Å². The Morgan fingerprint density at radius 3 is 2.81 bits per heavy atom. The van der Waals surface area contributed by atoms with Crippen LogP contribution in [0, 0.1) is 11.3 Å². The van der Waals surface area contributed by atoms with Gasteiger partial charge in [-0.1, -0.05) is 0 Å². The summed E-state index contributed by atoms with van der Waals surface area (Å²) in [6.45, 7) is 4.76. The van der Waals surface area contributed by atoms with Crippen LogP contribution in [0.1, 0.15) is 43.7 Å². The van der Waals surface area contributed by atoms with Crippen molar-refractivity contribution < 1.29 is 14.6 Å². The molecule has 6 nitrogen and oxygen atoms in total. The van der Waals surface area contributed by atoms with Crippen LogP contribution in [0.5, 0.6) is 11.5 Å². The molecule has 0 amide bonds. The molecule has 0 spiro atoms. The number of benzene rings is 1. The molecule has 3 rings (SSSR count). The van der Waals surface area contributed by atoms with E-state index in [0.717, 1.165) is 24.0 Å². The molecule has 6 heteroatoms. The second-order valence-corrected chi connectivity index (χ2v) is 7.15. The fraction of sp³-hybridized carbons (Fsp3) is 0.400. The number of aromatic nitrogens is 1. The lowest BCUT2D eigenvalue weighted by atomic mass is 9.81. The predicted molar refractivity (Wildman–Crippen MR) is 99.0 cm³/mol. The van der Waals surface area contributed by atoms with Gasteiger partial charge in [0.25, 0.3) is 0 Å². The highest BCUT2D eigenvalue weighted by atomic mass is 16.5. The first-order valence-electron chi connectivity index (χ1n) is 8.56. The number of hydrogen-bond donors (Lipinski definition) is 2. The summed E-state index contributed by atoms with van der Waals surface area (Å²) < 4.78 is 11.0. The van der Waals surface area contributed by atoms with Crippen LogP contribution in [0.2, 0.25) is 0 Å². The highest BCUT2D eigenvalue weighted by molar-refractivity contribution is 5.69. The van der Waals surface area contributed by atoms with Gasteiger partial charge < -0.3 is 20.3 Å². The smallest absolute Gasteiger partial charge is 0.161 e. The molecule has 26 heavy (non-hydrogen) atoms. The summed E-state index contributed by atoms with van der Waals surface area (Å²) in [5.41, 5.74) is 8.61. The minimum absolute atomic E-state index is 0.0595. The maximum absolute atomic E-state index is 9.81. The van der Waals surface area contributed by atoms with Crippen LogP contribution in [-0.2, 0) is 4.74 Å². The van der Waals surface area contributed by atoms with E-state index in [-0.39, 0.29) is 23.1 Å². The molecule has 3 N–H and O–H groups in total. The van der Waals surface area contributed by atoms with Gasteiger partial charge in [0, 0.05) is 12.2 Å². The Bertz CT molecular complexity index is 871. The summed E-state index contributed by atoms with van der Waals surface area (Å²) in [5.74, 6) is 0.818. The number of nitrogens with two attached hydrogens (primary N) is 1. The average molecular weight is 353 g/mol. The summed E-state index contributed by atoms with van der Waals surface area (Å²) in [6, 6.07) is 9.15. The molecule has 0 aliphatic carbocycles. The van der Waals surface area contributed by atoms with Gasteiger partial charge in [0.15, 0.2) is 11.5 Å². The van der Waals surface area contributed by atoms with Crippen molar-refractivity contribution in [2.24, 2.45) is 0 Å². The molecule has 0 unspecified atom stereocenters. The van der Waals surface area contributed by atoms with Crippen molar-refractivity contribution in [2.45, 2.75) is 38.2 Å². The zero-order valence-electron chi connectivity index (χ0n) is 15.2. The number of nitrogen functional groups attached to an aromatic ring is 1. The Kier molecular flexibility index (Phi) is 4.75. The minimum atomic E-state index is -0.240. The monoisotopic (exact) mass is 353 g/mol. The highest BCUT2D eigenvalue weighted by Gasteiger charge is 2.32. The second kappa shape index (κ2) is 6.85. The number of aromatic hydroxyl groups is 1. The van der Waals surface area contributed by atoms with Gasteiger partial charge in [-0.15, -0.1) is 0 Å². The van der Waals surface area contributed by atoms with Crippen molar-refractivity contribution in [2.75, 3.05) is 19.5 Å². The van der Waals surface area contributed by atoms with E-state index in [2.05, 4.69) is 24.9 Å². The molecule has 1 saturated heterocycles. The topological polar surface area (TPSA) is 101 Å². The van der Waals surface area contributed by atoms with Gasteiger partial charge in [0.2, 0.25) is 0 Å². The van der Waals surface area contributed by atoms with E-state index in [1.807, 2.05) is 6.07 Å². The summed E-state index contributed by atoms with van der Waals surface area (Å²) in [6.07, 6.45) is 1.64. The molecule has 0 saturated carbocycles. The second-order valence-electron chi connectivity index (χ2n) is 7.15. The number of phenols is 1. The molecule has 2 heterocycles. The number of hydrogen-bond acceptors (Lipinski definition) is 6. The molecule has 1 aliphatic rings. The summed E-state index contributed by atoms with van der Waals surface area (Å²) >= 11 is 0. The van der Waals surface area contributed by atoms with Gasteiger partial charge >= 0.3 is 0 Å². The number of anilines is 1. The van der Waals surface area contributed by atoms with E-state index in [1.165, 1.54) is 7.11 Å². The Morgan fingerprint density at radius 2 is 2.15 bits per heavy atom. The van der Waals surface area contributed by atoms with E-state index in [1.54, 1.807) is 18.2 Å². The van der Waals surface area contributed by atoms with Gasteiger partial charge in [-0.05, 0) is 62.4 Å². The maximum Gasteiger partial charge on any atom is 0.161 e. The third-order valence-corrected chi connectivity index (χ3v) is 4.80. The fourth-order valence-electron chi connectivity index (χ4n) is 3.51. The van der Waals surface area contributed by atoms with E-state index in [0.29, 0.717) is 23.6 Å². The normalized spacial score (nSPS) is 18.9. The van der Waals surface area contributed by atoms with Crippen LogP contribution in [0.15, 0.2) is 24.3 Å². The summed E-state index contributed by atoms with van der Waals surface area (Å²) in [5, 5.41) is 19.4. The van der Waals surface area contributed by atoms with Gasteiger partial charge in [-0.25, -0.2) is 4.98 Å². The molecule has 1 aromatic carbocycles. The molecule has 1 aliphatic heterocycles. The minimum Gasteiger partial charge on any atom is -0.504 e. The molecule has 0 bridgehead atoms. The van der Waals surface area contributed by atoms with E-state index in [4.69, 9.17) is 15.2 Å². The highest BCUT2D eigenvalue weighted by Crippen LogP contribution is 2.40. The SMILES string of the molecule is COc1cc(-c2cc([C@@H]3CCOC(C)(C)C3)c(C#N)c(N)n2)ccc1O. The standard InChI is InChI=1S/C20H23N3O3/c1-20(2)10-13(6-7-26-20)14-9-16(23-19(22)15(14)11-21)12-4-5-17(24)18(8-12)25-3/h4-5,8-9,13,24H,6-7,10H2,1-3H3,(H2,22,23)/t13-/m1/s1. The quantitative estimate of drug-likeness (QED) is 0.874. The first-order valence-corrected chi connectivity index (χ1v) is 8.56. The van der Waals surface area contributed by atoms with Gasteiger partial charge in [0.05, 0.1) is 24.0 Å². The summed E-state index contributed by atoms with van der Waals surface area (Å²) in [7, 11) is 1.49. The van der Waals surface area contributed by atoms with Gasteiger partial charge in [-0.3, -0.25) is 0 Å². The molecule has 0 radical (unpaired) electrons. The molecule has 2 aromatic rings. The fourth-order valence-corrected chi connectivity index (χ4v) is 3.51. The van der Waals surface area contributed by atoms with Crippen LogP contribution >= 0.6 is 0 Å². The lowest BCUT2D eigenvalue weighted by Gasteiger charge is -2.36. The zero-order chi connectivity index (χ0) is 18.9. The Balaban J connectivity index is 2.09. The van der Waals surface area contributed by atoms with Gasteiger partial charge in [-0.2, -0.15) is 5.26 Å². The number of nitrogens with zero attached hydrogens (tertiary/aromatic N) is 2. The number of methoxy groups -OCH3 is 1. The Hall–Kier alpha value is -2.78. The van der Waals surface area contributed by atoms with Gasteiger partial charge in [0.1, 0.15) is 11.9 Å². The molecule has 1 atom stereocenters. The van der Waals surface area contributed by atoms with Crippen molar-refractivity contribution in [3.8, 4) is 28.8 Å². The first-order chi connectivity index (χ1) is 12.3. The average Bonchev–Trinajstić information content (AvgIpc) is 2.60. The van der Waals surface area contributed by atoms with Crippen molar-refractivity contribution in [1.29, 1.82) is 5.26 Å². The number of phenolic OH excluding ortho intramolecular Hbond substituents is 1. The molecule has 1 fully saturated rings. The van der Waals surface area contributed by atoms with Crippen molar-refractivity contribution in [1.82, 2.24) is 4.98 Å². The van der Waals surface area contributed by atoms with E-state index >= 15 is 0 Å². The Morgan fingerprint density at radius 1 is 1.38 bits per heavy atom. The van der Waals surface area contributed by atoms with Crippen LogP contribution in [0.25, 0.3) is 11.3 Å². The maximum atomic E-state index is 9.81. The first kappa shape index (κ1) is 18.0. The van der Waals surface area contributed by atoms with E-state index in [9.17, 15) is 10.4 Å². The molecular weight excluding hydrogens is 330 g/mol. The van der Waals surface area contributed by atoms with Crippen molar-refractivity contribution in [3.05, 3.63) is 35.4 Å². The molecule has 136 valence electrons. The number of ether oxygens (including phenoxy) is 2. The number of rotatable bonds is 3. The zero-order valence-corrected chi connectivity index (χ0v) is 15.2. The van der Waals surface area contributed by atoms with Crippen LogP contribution in [-0.4, -0.2) is 29.4 Å². The summed E-state index contributed by atoms with van der Waals surface area (Å²) in [4.78, 5) is 4.40. The van der Waals surface area contributed by atoms with E-state index < -0.39 is 0 Å². The number of nitriles is 1. The van der Waals surface area contributed by atoms with Crippen molar-refractivity contribution >= 4 is 5.82 Å². The molecular formula is C20H23N3O3. The van der Waals surface area contributed by atoms with Crippen LogP contribution in [0.4, 0.5) is 5.82 Å². The largest absolute Gasteiger partial charge is 0.504 e. The third kappa shape index (κ3) is 3.44.